The number of hydrogen-bond donors (Lipinski definition) is 2. The van der Waals surface area contributed by atoms with Crippen LogP contribution < -0.4 is 5.32 Å². The fourth-order valence-electron chi connectivity index (χ4n) is 2.78. The molecule has 2 N–H and O–H groups in total. The highest BCUT2D eigenvalue weighted by atomic mass is 16.5. The van der Waals surface area contributed by atoms with Crippen molar-refractivity contribution in [3.05, 3.63) is 0 Å². The number of hydrogen-bond acceptors (Lipinski definition) is 4. The molecule has 5 nitrogen and oxygen atoms in total. The molecule has 0 saturated carbocycles. The third-order valence-corrected chi connectivity index (χ3v) is 3.84. The molecule has 104 valence electrons. The highest BCUT2D eigenvalue weighted by Crippen LogP contribution is 2.19. The predicted molar refractivity (Wildman–Crippen MR) is 68.2 cm³/mol. The van der Waals surface area contributed by atoms with Crippen molar-refractivity contribution in [1.29, 1.82) is 0 Å². The molecule has 0 bridgehead atoms. The second-order valence-corrected chi connectivity index (χ2v) is 5.16. The topological polar surface area (TPSA) is 61.8 Å². The molecule has 1 atom stereocenters. The van der Waals surface area contributed by atoms with Gasteiger partial charge in [-0.15, -0.1) is 0 Å². The van der Waals surface area contributed by atoms with Crippen LogP contribution in [0.15, 0.2) is 0 Å². The summed E-state index contributed by atoms with van der Waals surface area (Å²) in [5, 5.41) is 12.0. The minimum Gasteiger partial charge on any atom is -0.394 e. The van der Waals surface area contributed by atoms with E-state index in [0.29, 0.717) is 12.5 Å². The summed E-state index contributed by atoms with van der Waals surface area (Å²) in [6, 6.07) is 0. The summed E-state index contributed by atoms with van der Waals surface area (Å²) in [7, 11) is 0. The summed E-state index contributed by atoms with van der Waals surface area (Å²) in [6.45, 7) is 3.95. The Hall–Kier alpha value is -0.650. The molecule has 0 aliphatic carbocycles. The first-order chi connectivity index (χ1) is 8.81. The molecule has 2 rings (SSSR count). The van der Waals surface area contributed by atoms with Crippen LogP contribution in [0, 0.1) is 5.92 Å². The zero-order chi connectivity index (χ0) is 12.8. The molecule has 2 heterocycles. The van der Waals surface area contributed by atoms with E-state index in [9.17, 15) is 4.79 Å². The maximum Gasteiger partial charge on any atom is 0.226 e. The molecular weight excluding hydrogens is 232 g/mol. The van der Waals surface area contributed by atoms with Gasteiger partial charge >= 0.3 is 0 Å². The molecule has 1 amide bonds. The van der Waals surface area contributed by atoms with Crippen molar-refractivity contribution >= 4 is 5.91 Å². The molecule has 2 aliphatic rings. The highest BCUT2D eigenvalue weighted by Gasteiger charge is 2.29. The Balaban J connectivity index is 1.73. The molecule has 18 heavy (non-hydrogen) atoms. The highest BCUT2D eigenvalue weighted by molar-refractivity contribution is 5.79. The number of likely N-dealkylation sites (tertiary alicyclic amines) is 1. The van der Waals surface area contributed by atoms with E-state index in [-0.39, 0.29) is 18.6 Å². The number of aliphatic hydroxyl groups is 1. The first kappa shape index (κ1) is 13.8. The molecular formula is C13H24N2O3. The smallest absolute Gasteiger partial charge is 0.226 e. The monoisotopic (exact) mass is 256 g/mol. The number of nitrogens with one attached hydrogen (secondary N) is 1. The Morgan fingerprint density at radius 1 is 1.33 bits per heavy atom. The van der Waals surface area contributed by atoms with Crippen LogP contribution in [0.3, 0.4) is 0 Å². The van der Waals surface area contributed by atoms with Crippen molar-refractivity contribution in [3.63, 3.8) is 0 Å². The van der Waals surface area contributed by atoms with Gasteiger partial charge in [-0.25, -0.2) is 0 Å². The lowest BCUT2D eigenvalue weighted by atomic mass is 9.96. The summed E-state index contributed by atoms with van der Waals surface area (Å²) >= 11 is 0. The molecule has 2 aliphatic heterocycles. The number of ether oxygens (including phenoxy) is 1. The first-order valence-electron chi connectivity index (χ1n) is 7.03. The molecule has 0 aromatic heterocycles. The van der Waals surface area contributed by atoms with Crippen LogP contribution in [0.5, 0.6) is 0 Å². The van der Waals surface area contributed by atoms with Gasteiger partial charge in [0.1, 0.15) is 0 Å². The molecule has 0 radical (unpaired) electrons. The van der Waals surface area contributed by atoms with Gasteiger partial charge in [0.2, 0.25) is 5.91 Å². The Morgan fingerprint density at radius 3 is 2.72 bits per heavy atom. The number of amides is 1. The van der Waals surface area contributed by atoms with E-state index in [2.05, 4.69) is 5.32 Å². The van der Waals surface area contributed by atoms with Gasteiger partial charge in [-0.1, -0.05) is 0 Å². The summed E-state index contributed by atoms with van der Waals surface area (Å²) in [5.41, 5.74) is 0. The second-order valence-electron chi connectivity index (χ2n) is 5.16. The SMILES string of the molecule is O=C([C@H]1CCCNC1)N1CCC(OCCO)CC1. The first-order valence-corrected chi connectivity index (χ1v) is 7.03. The predicted octanol–water partition coefficient (Wildman–Crippen LogP) is -0.0141. The van der Waals surface area contributed by atoms with Gasteiger partial charge < -0.3 is 20.1 Å². The van der Waals surface area contributed by atoms with Crippen molar-refractivity contribution in [3.8, 4) is 0 Å². The Morgan fingerprint density at radius 2 is 2.11 bits per heavy atom. The zero-order valence-corrected chi connectivity index (χ0v) is 10.9. The molecule has 0 aromatic carbocycles. The summed E-state index contributed by atoms with van der Waals surface area (Å²) in [5.74, 6) is 0.483. The number of rotatable bonds is 4. The van der Waals surface area contributed by atoms with Crippen molar-refractivity contribution in [1.82, 2.24) is 10.2 Å². The van der Waals surface area contributed by atoms with Crippen LogP contribution >= 0.6 is 0 Å². The van der Waals surface area contributed by atoms with Crippen LogP contribution in [0.4, 0.5) is 0 Å². The Bertz CT molecular complexity index is 259. The van der Waals surface area contributed by atoms with Crippen LogP contribution in [0.2, 0.25) is 0 Å². The standard InChI is InChI=1S/C13H24N2O3/c16-8-9-18-12-3-6-15(7-4-12)13(17)11-2-1-5-14-10-11/h11-12,14,16H,1-10H2/t11-/m0/s1. The van der Waals surface area contributed by atoms with Crippen molar-refractivity contribution < 1.29 is 14.6 Å². The van der Waals surface area contributed by atoms with Gasteiger partial charge in [0.15, 0.2) is 0 Å². The molecule has 2 saturated heterocycles. The van der Waals surface area contributed by atoms with E-state index in [1.807, 2.05) is 4.90 Å². The lowest BCUT2D eigenvalue weighted by molar-refractivity contribution is -0.138. The largest absolute Gasteiger partial charge is 0.394 e. The Labute approximate surface area is 108 Å². The van der Waals surface area contributed by atoms with E-state index >= 15 is 0 Å². The van der Waals surface area contributed by atoms with E-state index in [1.54, 1.807) is 0 Å². The average Bonchev–Trinajstić information content (AvgIpc) is 2.46. The van der Waals surface area contributed by atoms with Crippen LogP contribution in [-0.2, 0) is 9.53 Å². The van der Waals surface area contributed by atoms with Crippen molar-refractivity contribution in [2.45, 2.75) is 31.8 Å². The number of nitrogens with zero attached hydrogens (tertiary/aromatic N) is 1. The van der Waals surface area contributed by atoms with Gasteiger partial charge in [0.05, 0.1) is 25.2 Å². The van der Waals surface area contributed by atoms with Crippen LogP contribution in [0.25, 0.3) is 0 Å². The number of aliphatic hydroxyl groups excluding tert-OH is 1. The molecule has 0 unspecified atom stereocenters. The lowest BCUT2D eigenvalue weighted by Gasteiger charge is -2.35. The van der Waals surface area contributed by atoms with Gasteiger partial charge in [-0.05, 0) is 32.2 Å². The lowest BCUT2D eigenvalue weighted by Crippen LogP contribution is -2.47. The number of carbonyl (C=O) groups is 1. The molecule has 0 aromatic rings. The molecule has 2 fully saturated rings. The fraction of sp³-hybridized carbons (Fsp3) is 0.923. The van der Waals surface area contributed by atoms with Crippen molar-refractivity contribution in [2.24, 2.45) is 5.92 Å². The van der Waals surface area contributed by atoms with E-state index in [1.165, 1.54) is 0 Å². The summed E-state index contributed by atoms with van der Waals surface area (Å²) < 4.78 is 5.51. The summed E-state index contributed by atoms with van der Waals surface area (Å²) in [4.78, 5) is 14.3. The minimum atomic E-state index is 0.0763. The van der Waals surface area contributed by atoms with Gasteiger partial charge in [0.25, 0.3) is 0 Å². The third kappa shape index (κ3) is 3.67. The van der Waals surface area contributed by atoms with Gasteiger partial charge in [-0.2, -0.15) is 0 Å². The maximum absolute atomic E-state index is 12.3. The quantitative estimate of drug-likeness (QED) is 0.742. The number of piperidine rings is 2. The molecule has 0 spiro atoms. The van der Waals surface area contributed by atoms with E-state index < -0.39 is 0 Å². The average molecular weight is 256 g/mol. The third-order valence-electron chi connectivity index (χ3n) is 3.84. The van der Waals surface area contributed by atoms with Crippen molar-refractivity contribution in [2.75, 3.05) is 39.4 Å². The van der Waals surface area contributed by atoms with Crippen LogP contribution in [-0.4, -0.2) is 61.4 Å². The minimum absolute atomic E-state index is 0.0763. The van der Waals surface area contributed by atoms with E-state index in [4.69, 9.17) is 9.84 Å². The van der Waals surface area contributed by atoms with Gasteiger partial charge in [-0.3, -0.25) is 4.79 Å². The van der Waals surface area contributed by atoms with Crippen LogP contribution in [0.1, 0.15) is 25.7 Å². The Kier molecular flexibility index (Phi) is 5.41. The zero-order valence-electron chi connectivity index (χ0n) is 10.9. The fourth-order valence-corrected chi connectivity index (χ4v) is 2.78. The number of carbonyl (C=O) groups excluding carboxylic acids is 1. The normalized spacial score (nSPS) is 26.3. The van der Waals surface area contributed by atoms with Gasteiger partial charge in [0, 0.05) is 19.6 Å². The molecule has 5 heteroatoms. The summed E-state index contributed by atoms with van der Waals surface area (Å²) in [6.07, 6.45) is 4.13. The second kappa shape index (κ2) is 7.07. The maximum atomic E-state index is 12.3. The van der Waals surface area contributed by atoms with E-state index in [0.717, 1.165) is 51.9 Å².